The van der Waals surface area contributed by atoms with Crippen LogP contribution in [0.5, 0.6) is 0 Å². The maximum atomic E-state index is 6.62. The Balaban J connectivity index is 1.10. The van der Waals surface area contributed by atoms with Crippen LogP contribution in [-0.4, -0.2) is 0 Å². The SMILES string of the molecule is c1ccc(-c2ccc(N(c3ccc4c(c3)oc3ccccc34)c3ccc4c(c3)oc3ccc5c(ccc6oc7ccccc7c65)c34)cc2)cc1. The predicted octanol–water partition coefficient (Wildman–Crippen LogP) is 13.7. The number of rotatable bonds is 4. The first-order valence-corrected chi connectivity index (χ1v) is 16.8. The van der Waals surface area contributed by atoms with E-state index >= 15 is 0 Å². The van der Waals surface area contributed by atoms with E-state index in [4.69, 9.17) is 13.3 Å². The van der Waals surface area contributed by atoms with E-state index in [0.29, 0.717) is 0 Å². The van der Waals surface area contributed by atoms with E-state index in [2.05, 4.69) is 138 Å². The van der Waals surface area contributed by atoms with Gasteiger partial charge in [-0.2, -0.15) is 0 Å². The molecule has 0 spiro atoms. The van der Waals surface area contributed by atoms with Gasteiger partial charge in [0.05, 0.1) is 0 Å². The van der Waals surface area contributed by atoms with E-state index in [-0.39, 0.29) is 0 Å². The molecular weight excluding hydrogens is 615 g/mol. The number of nitrogens with zero attached hydrogens (tertiary/aromatic N) is 1. The monoisotopic (exact) mass is 641 g/mol. The minimum absolute atomic E-state index is 0.831. The maximum Gasteiger partial charge on any atom is 0.137 e. The van der Waals surface area contributed by atoms with Gasteiger partial charge < -0.3 is 18.2 Å². The first-order valence-electron chi connectivity index (χ1n) is 16.8. The van der Waals surface area contributed by atoms with Gasteiger partial charge in [0, 0.05) is 61.5 Å². The Hall–Kier alpha value is -6.78. The number of anilines is 3. The molecule has 0 aliphatic carbocycles. The number of furan rings is 3. The molecule has 11 aromatic rings. The molecule has 0 atom stereocenters. The van der Waals surface area contributed by atoms with Crippen LogP contribution in [-0.2, 0) is 0 Å². The molecule has 3 aromatic heterocycles. The van der Waals surface area contributed by atoms with Crippen molar-refractivity contribution >= 4 is 93.7 Å². The van der Waals surface area contributed by atoms with E-state index in [1.807, 2.05) is 30.3 Å². The molecule has 4 heteroatoms. The summed E-state index contributed by atoms with van der Waals surface area (Å²) in [6.07, 6.45) is 0. The predicted molar refractivity (Wildman–Crippen MR) is 206 cm³/mol. The van der Waals surface area contributed by atoms with Crippen molar-refractivity contribution < 1.29 is 13.3 Å². The average Bonchev–Trinajstić information content (AvgIpc) is 3.86. The molecule has 0 saturated carbocycles. The van der Waals surface area contributed by atoms with Crippen molar-refractivity contribution in [1.82, 2.24) is 0 Å². The van der Waals surface area contributed by atoms with E-state index in [1.165, 1.54) is 11.1 Å². The standard InChI is InChI=1S/C46H27NO3/c1-2-8-28(9-3-1)29-14-16-30(17-15-29)47(31-18-20-34-33-10-4-6-12-39(33)49-43(34)26-31)32-19-21-38-44(27-32)50-42-25-23-35-36(46(38)42)22-24-41-45(35)37-11-5-7-13-40(37)48-41/h1-27H. The van der Waals surface area contributed by atoms with Gasteiger partial charge >= 0.3 is 0 Å². The van der Waals surface area contributed by atoms with Gasteiger partial charge in [-0.15, -0.1) is 0 Å². The third-order valence-electron chi connectivity index (χ3n) is 10.1. The summed E-state index contributed by atoms with van der Waals surface area (Å²) < 4.78 is 19.2. The quantitative estimate of drug-likeness (QED) is 0.192. The Bertz CT molecular complexity index is 3090. The maximum absolute atomic E-state index is 6.62. The summed E-state index contributed by atoms with van der Waals surface area (Å²) in [7, 11) is 0. The normalized spacial score (nSPS) is 12.0. The van der Waals surface area contributed by atoms with E-state index in [1.54, 1.807) is 0 Å². The lowest BCUT2D eigenvalue weighted by atomic mass is 9.99. The van der Waals surface area contributed by atoms with Crippen molar-refractivity contribution in [2.75, 3.05) is 4.90 Å². The van der Waals surface area contributed by atoms with Gasteiger partial charge in [-0.05, 0) is 94.7 Å². The Labute approximate surface area is 286 Å². The smallest absolute Gasteiger partial charge is 0.137 e. The fourth-order valence-electron chi connectivity index (χ4n) is 7.77. The molecule has 0 aliphatic heterocycles. The lowest BCUT2D eigenvalue weighted by Gasteiger charge is -2.25. The molecule has 4 nitrogen and oxygen atoms in total. The largest absolute Gasteiger partial charge is 0.456 e. The molecule has 0 bridgehead atoms. The molecule has 8 aromatic carbocycles. The molecule has 0 N–H and O–H groups in total. The molecule has 234 valence electrons. The highest BCUT2D eigenvalue weighted by molar-refractivity contribution is 6.27. The summed E-state index contributed by atoms with van der Waals surface area (Å²) >= 11 is 0. The number of hydrogen-bond donors (Lipinski definition) is 0. The zero-order chi connectivity index (χ0) is 32.8. The molecule has 0 saturated heterocycles. The Kier molecular flexibility index (Phi) is 5.63. The first-order chi connectivity index (χ1) is 24.8. The van der Waals surface area contributed by atoms with E-state index in [0.717, 1.165) is 93.7 Å². The molecular formula is C46H27NO3. The number of hydrogen-bond acceptors (Lipinski definition) is 4. The van der Waals surface area contributed by atoms with Crippen LogP contribution in [0.1, 0.15) is 0 Å². The lowest BCUT2D eigenvalue weighted by molar-refractivity contribution is 0.668. The zero-order valence-electron chi connectivity index (χ0n) is 26.8. The van der Waals surface area contributed by atoms with E-state index < -0.39 is 0 Å². The number of fused-ring (bicyclic) bond motifs is 12. The Morgan fingerprint density at radius 1 is 0.280 bits per heavy atom. The number of benzene rings is 8. The van der Waals surface area contributed by atoms with Gasteiger partial charge in [0.1, 0.15) is 33.5 Å². The van der Waals surface area contributed by atoms with Crippen molar-refractivity contribution in [2.24, 2.45) is 0 Å². The second kappa shape index (κ2) is 10.4. The van der Waals surface area contributed by atoms with Gasteiger partial charge in [0.15, 0.2) is 0 Å². The zero-order valence-corrected chi connectivity index (χ0v) is 26.8. The average molecular weight is 642 g/mol. The highest BCUT2D eigenvalue weighted by atomic mass is 16.3. The second-order valence-corrected chi connectivity index (χ2v) is 12.9. The summed E-state index contributed by atoms with van der Waals surface area (Å²) in [6, 6.07) is 57.2. The molecule has 50 heavy (non-hydrogen) atoms. The van der Waals surface area contributed by atoms with Crippen molar-refractivity contribution in [3.63, 3.8) is 0 Å². The van der Waals surface area contributed by atoms with Gasteiger partial charge in [-0.3, -0.25) is 0 Å². The topological polar surface area (TPSA) is 42.7 Å². The van der Waals surface area contributed by atoms with Gasteiger partial charge in [-0.25, -0.2) is 0 Å². The third-order valence-corrected chi connectivity index (χ3v) is 10.1. The van der Waals surface area contributed by atoms with Crippen LogP contribution in [0.2, 0.25) is 0 Å². The first kappa shape index (κ1) is 27.2. The summed E-state index contributed by atoms with van der Waals surface area (Å²) in [4.78, 5) is 2.27. The molecule has 0 radical (unpaired) electrons. The van der Waals surface area contributed by atoms with Crippen LogP contribution in [0, 0.1) is 0 Å². The van der Waals surface area contributed by atoms with Crippen LogP contribution < -0.4 is 4.90 Å². The van der Waals surface area contributed by atoms with Crippen molar-refractivity contribution in [2.45, 2.75) is 0 Å². The Morgan fingerprint density at radius 3 is 1.42 bits per heavy atom. The second-order valence-electron chi connectivity index (χ2n) is 12.9. The highest BCUT2D eigenvalue weighted by Gasteiger charge is 2.20. The fourth-order valence-corrected chi connectivity index (χ4v) is 7.77. The van der Waals surface area contributed by atoms with Gasteiger partial charge in [-0.1, -0.05) is 78.9 Å². The molecule has 0 unspecified atom stereocenters. The molecule has 0 fully saturated rings. The van der Waals surface area contributed by atoms with Crippen LogP contribution in [0.15, 0.2) is 177 Å². The van der Waals surface area contributed by atoms with Crippen LogP contribution >= 0.6 is 0 Å². The van der Waals surface area contributed by atoms with Gasteiger partial charge in [0.2, 0.25) is 0 Å². The minimum atomic E-state index is 0.831. The molecule has 3 heterocycles. The number of para-hydroxylation sites is 2. The van der Waals surface area contributed by atoms with Crippen molar-refractivity contribution in [3.8, 4) is 11.1 Å². The van der Waals surface area contributed by atoms with Crippen LogP contribution in [0.25, 0.3) is 87.7 Å². The fraction of sp³-hybridized carbons (Fsp3) is 0. The summed E-state index contributed by atoms with van der Waals surface area (Å²) in [5.74, 6) is 0. The summed E-state index contributed by atoms with van der Waals surface area (Å²) in [5.41, 5.74) is 10.6. The van der Waals surface area contributed by atoms with Crippen LogP contribution in [0.3, 0.4) is 0 Å². The highest BCUT2D eigenvalue weighted by Crippen LogP contribution is 2.44. The van der Waals surface area contributed by atoms with Crippen molar-refractivity contribution in [1.29, 1.82) is 0 Å². The lowest BCUT2D eigenvalue weighted by Crippen LogP contribution is -2.09. The van der Waals surface area contributed by atoms with Gasteiger partial charge in [0.25, 0.3) is 0 Å². The van der Waals surface area contributed by atoms with E-state index in [9.17, 15) is 0 Å². The molecule has 0 amide bonds. The molecule has 0 aliphatic rings. The van der Waals surface area contributed by atoms with Crippen molar-refractivity contribution in [3.05, 3.63) is 164 Å². The Morgan fingerprint density at radius 2 is 0.720 bits per heavy atom. The summed E-state index contributed by atoms with van der Waals surface area (Å²) in [6.45, 7) is 0. The summed E-state index contributed by atoms with van der Waals surface area (Å²) in [5, 5.41) is 8.97. The molecule has 11 rings (SSSR count). The minimum Gasteiger partial charge on any atom is -0.456 e. The third kappa shape index (κ3) is 3.99. The van der Waals surface area contributed by atoms with Crippen LogP contribution in [0.4, 0.5) is 17.1 Å².